The predicted octanol–water partition coefficient (Wildman–Crippen LogP) is 1.84. The molecule has 0 aliphatic heterocycles. The number of oxime groups is 1. The Morgan fingerprint density at radius 2 is 2.05 bits per heavy atom. The lowest BCUT2D eigenvalue weighted by Crippen LogP contribution is -2.25. The summed E-state index contributed by atoms with van der Waals surface area (Å²) in [4.78, 5) is 8.41. The molecule has 0 unspecified atom stereocenters. The zero-order valence-electron chi connectivity index (χ0n) is 11.3. The number of hydrogen-bond acceptors (Lipinski definition) is 5. The molecule has 0 saturated heterocycles. The Morgan fingerprint density at radius 3 is 2.68 bits per heavy atom. The quantitative estimate of drug-likeness (QED) is 0.376. The van der Waals surface area contributed by atoms with Gasteiger partial charge >= 0.3 is 6.01 Å². The molecular weight excluding hydrogens is 244 g/mol. The minimum absolute atomic E-state index is 0.0346. The van der Waals surface area contributed by atoms with Crippen molar-refractivity contribution in [2.75, 3.05) is 0 Å². The molecule has 1 fully saturated rings. The average Bonchev–Trinajstić information content (AvgIpc) is 2.40. The molecule has 1 aromatic heterocycles. The Bertz CT molecular complexity index is 468. The molecule has 1 aliphatic carbocycles. The number of hydrogen-bond donors (Lipinski definition) is 2. The van der Waals surface area contributed by atoms with Crippen molar-refractivity contribution in [3.05, 3.63) is 17.5 Å². The third-order valence-corrected chi connectivity index (χ3v) is 3.44. The first-order chi connectivity index (χ1) is 9.08. The molecule has 1 aliphatic rings. The van der Waals surface area contributed by atoms with Gasteiger partial charge in [-0.05, 0) is 44.6 Å². The zero-order valence-corrected chi connectivity index (χ0v) is 11.3. The molecule has 0 radical (unpaired) electrons. The van der Waals surface area contributed by atoms with E-state index in [9.17, 15) is 0 Å². The van der Waals surface area contributed by atoms with Crippen LogP contribution in [0.5, 0.6) is 6.01 Å². The first-order valence-electron chi connectivity index (χ1n) is 6.58. The van der Waals surface area contributed by atoms with E-state index in [2.05, 4.69) is 22.0 Å². The van der Waals surface area contributed by atoms with Gasteiger partial charge in [0.05, 0.1) is 0 Å². The topological polar surface area (TPSA) is 93.6 Å². The Labute approximate surface area is 112 Å². The third kappa shape index (κ3) is 3.56. The van der Waals surface area contributed by atoms with Gasteiger partial charge in [-0.1, -0.05) is 12.1 Å². The molecular formula is C13H20N4O2. The maximum Gasteiger partial charge on any atom is 0.317 e. The van der Waals surface area contributed by atoms with Crippen LogP contribution >= 0.6 is 0 Å². The van der Waals surface area contributed by atoms with Crippen LogP contribution < -0.4 is 10.5 Å². The standard InChI is InChI=1S/C13H20N4O2/c1-8-3-5-10(6-4-8)19-13-15-9(2)7-11(16-13)12(14)17-18/h7-8,10,18H,3-6H2,1-2H3,(H2,14,17). The fourth-order valence-corrected chi connectivity index (χ4v) is 2.27. The van der Waals surface area contributed by atoms with Gasteiger partial charge in [0, 0.05) is 5.69 Å². The summed E-state index contributed by atoms with van der Waals surface area (Å²) in [7, 11) is 0. The molecule has 104 valence electrons. The highest BCUT2D eigenvalue weighted by molar-refractivity contribution is 5.95. The van der Waals surface area contributed by atoms with Gasteiger partial charge in [-0.3, -0.25) is 0 Å². The number of nitrogens with zero attached hydrogens (tertiary/aromatic N) is 3. The van der Waals surface area contributed by atoms with Crippen LogP contribution in [0.2, 0.25) is 0 Å². The van der Waals surface area contributed by atoms with Crippen molar-refractivity contribution in [2.45, 2.75) is 45.6 Å². The van der Waals surface area contributed by atoms with Crippen molar-refractivity contribution >= 4 is 5.84 Å². The summed E-state index contributed by atoms with van der Waals surface area (Å²) in [5.74, 6) is 0.735. The largest absolute Gasteiger partial charge is 0.460 e. The van der Waals surface area contributed by atoms with Gasteiger partial charge in [0.2, 0.25) is 0 Å². The van der Waals surface area contributed by atoms with Crippen molar-refractivity contribution in [2.24, 2.45) is 16.8 Å². The molecule has 1 saturated carbocycles. The highest BCUT2D eigenvalue weighted by atomic mass is 16.5. The second-order valence-corrected chi connectivity index (χ2v) is 5.16. The van der Waals surface area contributed by atoms with E-state index in [-0.39, 0.29) is 11.9 Å². The molecule has 6 heteroatoms. The molecule has 1 heterocycles. The van der Waals surface area contributed by atoms with E-state index in [0.29, 0.717) is 11.7 Å². The lowest BCUT2D eigenvalue weighted by Gasteiger charge is -2.26. The van der Waals surface area contributed by atoms with Crippen molar-refractivity contribution in [3.63, 3.8) is 0 Å². The number of amidine groups is 1. The highest BCUT2D eigenvalue weighted by Crippen LogP contribution is 2.26. The van der Waals surface area contributed by atoms with Crippen LogP contribution in [0.1, 0.15) is 44.0 Å². The van der Waals surface area contributed by atoms with Crippen LogP contribution in [0.25, 0.3) is 0 Å². The SMILES string of the molecule is Cc1cc(/C(N)=N/O)nc(OC2CCC(C)CC2)n1. The van der Waals surface area contributed by atoms with Crippen molar-refractivity contribution in [1.29, 1.82) is 0 Å². The van der Waals surface area contributed by atoms with Gasteiger partial charge in [0.15, 0.2) is 5.84 Å². The third-order valence-electron chi connectivity index (χ3n) is 3.44. The molecule has 6 nitrogen and oxygen atoms in total. The van der Waals surface area contributed by atoms with E-state index in [1.54, 1.807) is 6.07 Å². The molecule has 0 aromatic carbocycles. The molecule has 2 rings (SSSR count). The second-order valence-electron chi connectivity index (χ2n) is 5.16. The van der Waals surface area contributed by atoms with Crippen LogP contribution in [0, 0.1) is 12.8 Å². The lowest BCUT2D eigenvalue weighted by atomic mass is 9.89. The molecule has 19 heavy (non-hydrogen) atoms. The smallest absolute Gasteiger partial charge is 0.317 e. The molecule has 0 spiro atoms. The summed E-state index contributed by atoms with van der Waals surface area (Å²) in [5.41, 5.74) is 6.65. The fourth-order valence-electron chi connectivity index (χ4n) is 2.27. The first kappa shape index (κ1) is 13.6. The zero-order chi connectivity index (χ0) is 13.8. The van der Waals surface area contributed by atoms with E-state index in [4.69, 9.17) is 15.7 Å². The Morgan fingerprint density at radius 1 is 1.37 bits per heavy atom. The number of rotatable bonds is 3. The first-order valence-corrected chi connectivity index (χ1v) is 6.58. The predicted molar refractivity (Wildman–Crippen MR) is 71.3 cm³/mol. The summed E-state index contributed by atoms with van der Waals surface area (Å²) >= 11 is 0. The minimum Gasteiger partial charge on any atom is -0.460 e. The number of aryl methyl sites for hydroxylation is 1. The molecule has 1 aromatic rings. The van der Waals surface area contributed by atoms with E-state index in [1.165, 1.54) is 12.8 Å². The molecule has 3 N–H and O–H groups in total. The van der Waals surface area contributed by atoms with Crippen LogP contribution in [0.3, 0.4) is 0 Å². The summed E-state index contributed by atoms with van der Waals surface area (Å²) in [5, 5.41) is 11.6. The normalized spacial score (nSPS) is 24.2. The van der Waals surface area contributed by atoms with Crippen LogP contribution in [-0.2, 0) is 0 Å². The second kappa shape index (κ2) is 5.86. The maximum atomic E-state index is 8.68. The minimum atomic E-state index is -0.0346. The van der Waals surface area contributed by atoms with Gasteiger partial charge in [0.25, 0.3) is 0 Å². The van der Waals surface area contributed by atoms with E-state index in [0.717, 1.165) is 24.5 Å². The van der Waals surface area contributed by atoms with E-state index < -0.39 is 0 Å². The Hall–Kier alpha value is -1.85. The van der Waals surface area contributed by atoms with Crippen LogP contribution in [0.4, 0.5) is 0 Å². The van der Waals surface area contributed by atoms with Crippen LogP contribution in [-0.4, -0.2) is 27.1 Å². The molecule has 0 bridgehead atoms. The maximum absolute atomic E-state index is 8.68. The van der Waals surface area contributed by atoms with E-state index >= 15 is 0 Å². The Kier molecular flexibility index (Phi) is 4.19. The monoisotopic (exact) mass is 264 g/mol. The average molecular weight is 264 g/mol. The van der Waals surface area contributed by atoms with Gasteiger partial charge in [0.1, 0.15) is 11.8 Å². The van der Waals surface area contributed by atoms with E-state index in [1.807, 2.05) is 6.92 Å². The Balaban J connectivity index is 2.10. The number of aromatic nitrogens is 2. The van der Waals surface area contributed by atoms with Gasteiger partial charge < -0.3 is 15.7 Å². The van der Waals surface area contributed by atoms with Crippen molar-refractivity contribution in [3.8, 4) is 6.01 Å². The summed E-state index contributed by atoms with van der Waals surface area (Å²) in [6.07, 6.45) is 4.56. The fraction of sp³-hybridized carbons (Fsp3) is 0.615. The molecule has 0 amide bonds. The summed E-state index contributed by atoms with van der Waals surface area (Å²) < 4.78 is 5.81. The number of ether oxygens (including phenoxy) is 1. The van der Waals surface area contributed by atoms with Gasteiger partial charge in [-0.25, -0.2) is 4.98 Å². The lowest BCUT2D eigenvalue weighted by molar-refractivity contribution is 0.124. The van der Waals surface area contributed by atoms with Gasteiger partial charge in [-0.15, -0.1) is 0 Å². The number of nitrogens with two attached hydrogens (primary N) is 1. The highest BCUT2D eigenvalue weighted by Gasteiger charge is 2.20. The molecule has 0 atom stereocenters. The van der Waals surface area contributed by atoms with Crippen molar-refractivity contribution in [1.82, 2.24) is 9.97 Å². The summed E-state index contributed by atoms with van der Waals surface area (Å²) in [6.45, 7) is 4.08. The van der Waals surface area contributed by atoms with Crippen molar-refractivity contribution < 1.29 is 9.94 Å². The summed E-state index contributed by atoms with van der Waals surface area (Å²) in [6, 6.07) is 1.96. The van der Waals surface area contributed by atoms with Crippen LogP contribution in [0.15, 0.2) is 11.2 Å². The van der Waals surface area contributed by atoms with Gasteiger partial charge in [-0.2, -0.15) is 4.98 Å².